The summed E-state index contributed by atoms with van der Waals surface area (Å²) in [6.45, 7) is 4.76. The molecule has 1 amide bonds. The van der Waals surface area contributed by atoms with Crippen molar-refractivity contribution in [1.29, 1.82) is 0 Å². The maximum Gasteiger partial charge on any atom is 0.411 e. The highest BCUT2D eigenvalue weighted by Crippen LogP contribution is 2.60. The maximum atomic E-state index is 12.8. The molecule has 1 aliphatic carbocycles. The maximum absolute atomic E-state index is 12.8. The molecule has 1 aromatic heterocycles. The van der Waals surface area contributed by atoms with Gasteiger partial charge in [-0.05, 0) is 24.5 Å². The summed E-state index contributed by atoms with van der Waals surface area (Å²) >= 11 is 0. The Morgan fingerprint density at radius 2 is 1.78 bits per heavy atom. The molecule has 3 heterocycles. The third kappa shape index (κ3) is 4.35. The number of ether oxygens (including phenoxy) is 3. The van der Waals surface area contributed by atoms with Gasteiger partial charge in [-0.15, -0.1) is 0 Å². The fourth-order valence-electron chi connectivity index (χ4n) is 4.46. The molecule has 1 aromatic carbocycles. The summed E-state index contributed by atoms with van der Waals surface area (Å²) in [6, 6.07) is 12.5. The van der Waals surface area contributed by atoms with E-state index in [1.54, 1.807) is 19.3 Å². The highest BCUT2D eigenvalue weighted by Gasteiger charge is 2.72. The first-order chi connectivity index (χ1) is 15.4. The van der Waals surface area contributed by atoms with Crippen molar-refractivity contribution in [1.82, 2.24) is 9.47 Å². The van der Waals surface area contributed by atoms with E-state index in [2.05, 4.69) is 0 Å². The Bertz CT molecular complexity index is 1010. The zero-order valence-electron chi connectivity index (χ0n) is 19.0. The number of nitrogens with zero attached hydrogens (tertiary/aromatic N) is 2. The van der Waals surface area contributed by atoms with Crippen molar-refractivity contribution in [3.63, 3.8) is 0 Å². The molecule has 0 atom stereocenters. The molecule has 172 valence electrons. The zero-order chi connectivity index (χ0) is 23.4. The number of amides is 1. The van der Waals surface area contributed by atoms with Gasteiger partial charge in [0.25, 0.3) is 5.56 Å². The fraction of sp³-hybridized carbons (Fsp3) is 0.458. The molecular formula is C24H30N2O6. The van der Waals surface area contributed by atoms with Crippen LogP contribution in [0.4, 0.5) is 4.79 Å². The van der Waals surface area contributed by atoms with Crippen LogP contribution in [0.2, 0.25) is 0 Å². The largest absolute Gasteiger partial charge is 0.493 e. The van der Waals surface area contributed by atoms with Crippen LogP contribution >= 0.6 is 0 Å². The minimum absolute atomic E-state index is 0.129. The van der Waals surface area contributed by atoms with Gasteiger partial charge in [0.15, 0.2) is 0 Å². The van der Waals surface area contributed by atoms with Gasteiger partial charge in [-0.1, -0.05) is 44.2 Å². The molecule has 8 heteroatoms. The molecular weight excluding hydrogens is 412 g/mol. The Morgan fingerprint density at radius 1 is 1.09 bits per heavy atom. The Morgan fingerprint density at radius 3 is 2.41 bits per heavy atom. The number of pyridine rings is 1. The molecule has 0 spiro atoms. The van der Waals surface area contributed by atoms with E-state index in [1.165, 1.54) is 22.6 Å². The van der Waals surface area contributed by atoms with Crippen LogP contribution in [0.5, 0.6) is 5.75 Å². The number of rotatable bonds is 6. The van der Waals surface area contributed by atoms with Gasteiger partial charge in [0, 0.05) is 31.3 Å². The van der Waals surface area contributed by atoms with Gasteiger partial charge in [-0.2, -0.15) is 0 Å². The van der Waals surface area contributed by atoms with Crippen molar-refractivity contribution in [3.05, 3.63) is 64.6 Å². The summed E-state index contributed by atoms with van der Waals surface area (Å²) in [4.78, 5) is 38.6. The van der Waals surface area contributed by atoms with Crippen LogP contribution in [-0.2, 0) is 27.9 Å². The Hall–Kier alpha value is -3.29. The second-order valence-corrected chi connectivity index (χ2v) is 8.10. The predicted molar refractivity (Wildman–Crippen MR) is 118 cm³/mol. The van der Waals surface area contributed by atoms with Crippen LogP contribution in [0.25, 0.3) is 0 Å². The molecule has 5 rings (SSSR count). The smallest absolute Gasteiger partial charge is 0.411 e. The molecule has 2 aliphatic heterocycles. The van der Waals surface area contributed by atoms with E-state index in [-0.39, 0.29) is 17.6 Å². The molecule has 3 aliphatic rings. The fourth-order valence-corrected chi connectivity index (χ4v) is 4.46. The molecule has 8 nitrogen and oxygen atoms in total. The van der Waals surface area contributed by atoms with E-state index in [0.29, 0.717) is 31.7 Å². The number of hydrogen-bond acceptors (Lipinski definition) is 6. The summed E-state index contributed by atoms with van der Waals surface area (Å²) in [5, 5.41) is 0. The van der Waals surface area contributed by atoms with Crippen LogP contribution in [-0.4, -0.2) is 47.3 Å². The number of aromatic nitrogens is 1. The van der Waals surface area contributed by atoms with Crippen molar-refractivity contribution < 1.29 is 23.8 Å². The van der Waals surface area contributed by atoms with Gasteiger partial charge in [0.2, 0.25) is 0 Å². The molecule has 0 radical (unpaired) electrons. The third-order valence-corrected chi connectivity index (χ3v) is 5.96. The number of carbonyl (C=O) groups excluding carboxylic acids is 2. The summed E-state index contributed by atoms with van der Waals surface area (Å²) in [6.07, 6.45) is 1.98. The van der Waals surface area contributed by atoms with E-state index in [1.807, 2.05) is 44.2 Å². The summed E-state index contributed by atoms with van der Waals surface area (Å²) in [5.41, 5.74) is -0.687. The average molecular weight is 443 g/mol. The Kier molecular flexibility index (Phi) is 6.91. The molecule has 2 saturated heterocycles. The van der Waals surface area contributed by atoms with E-state index in [4.69, 9.17) is 14.2 Å². The lowest BCUT2D eigenvalue weighted by Crippen LogP contribution is -2.58. The zero-order valence-corrected chi connectivity index (χ0v) is 19.0. The first-order valence-corrected chi connectivity index (χ1v) is 10.7. The van der Waals surface area contributed by atoms with Gasteiger partial charge < -0.3 is 18.8 Å². The van der Waals surface area contributed by atoms with E-state index in [0.717, 1.165) is 5.56 Å². The van der Waals surface area contributed by atoms with Gasteiger partial charge >= 0.3 is 12.1 Å². The molecule has 2 aromatic rings. The second kappa shape index (κ2) is 9.46. The monoisotopic (exact) mass is 442 g/mol. The highest BCUT2D eigenvalue weighted by atomic mass is 16.6. The predicted octanol–water partition coefficient (Wildman–Crippen LogP) is 3.13. The molecule has 3 fully saturated rings. The first kappa shape index (κ1) is 23.4. The number of esters is 1. The lowest BCUT2D eigenvalue weighted by atomic mass is 9.62. The number of carbonyl (C=O) groups is 2. The van der Waals surface area contributed by atoms with Crippen molar-refractivity contribution in [2.45, 2.75) is 38.8 Å². The SMILES string of the molecule is CC.COC(=O)C12CC(COc3ccn(C)c(=O)c3)(CN1C(=O)OCc1ccccc1)C2. The molecule has 1 saturated carbocycles. The van der Waals surface area contributed by atoms with Crippen molar-refractivity contribution >= 4 is 12.1 Å². The number of hydrogen-bond donors (Lipinski definition) is 0. The van der Waals surface area contributed by atoms with E-state index >= 15 is 0 Å². The number of benzene rings is 1. The topological polar surface area (TPSA) is 87.1 Å². The quantitative estimate of drug-likeness (QED) is 0.639. The van der Waals surface area contributed by atoms with Crippen molar-refractivity contribution in [2.75, 3.05) is 20.3 Å². The molecule has 0 unspecified atom stereocenters. The van der Waals surface area contributed by atoms with Gasteiger partial charge in [0.05, 0.1) is 13.7 Å². The average Bonchev–Trinajstić information content (AvgIpc) is 3.32. The van der Waals surface area contributed by atoms with Crippen LogP contribution < -0.4 is 10.3 Å². The Balaban J connectivity index is 0.00000141. The van der Waals surface area contributed by atoms with Crippen LogP contribution in [0, 0.1) is 5.41 Å². The standard InChI is InChI=1S/C22H24N2O6.C2H6/c1-23-9-8-17(10-18(23)25)30-15-21-12-22(13-21,19(26)28-2)24(14-21)20(27)29-11-16-6-4-3-5-7-16;1-2/h3-10H,11-15H2,1-2H3;1-2H3. The molecule has 0 N–H and O–H groups in total. The lowest BCUT2D eigenvalue weighted by Gasteiger charge is -2.44. The highest BCUT2D eigenvalue weighted by molar-refractivity contribution is 5.89. The van der Waals surface area contributed by atoms with Gasteiger partial charge in [-0.25, -0.2) is 9.59 Å². The number of aryl methyl sites for hydroxylation is 1. The van der Waals surface area contributed by atoms with Crippen molar-refractivity contribution in [2.24, 2.45) is 12.5 Å². The molecule has 32 heavy (non-hydrogen) atoms. The number of fused-ring (bicyclic) bond motifs is 1. The minimum atomic E-state index is -1.02. The Labute approximate surface area is 187 Å². The van der Waals surface area contributed by atoms with Gasteiger partial charge in [-0.3, -0.25) is 9.69 Å². The second-order valence-electron chi connectivity index (χ2n) is 8.10. The first-order valence-electron chi connectivity index (χ1n) is 10.7. The van der Waals surface area contributed by atoms with Crippen molar-refractivity contribution in [3.8, 4) is 5.75 Å². The number of methoxy groups -OCH3 is 1. The van der Waals surface area contributed by atoms with Crippen LogP contribution in [0.1, 0.15) is 32.3 Å². The van der Waals surface area contributed by atoms with E-state index < -0.39 is 17.6 Å². The molecule has 2 bridgehead atoms. The summed E-state index contributed by atoms with van der Waals surface area (Å²) in [7, 11) is 2.98. The van der Waals surface area contributed by atoms with E-state index in [9.17, 15) is 14.4 Å². The normalized spacial score (nSPS) is 22.8. The third-order valence-electron chi connectivity index (χ3n) is 5.96. The minimum Gasteiger partial charge on any atom is -0.493 e. The summed E-state index contributed by atoms with van der Waals surface area (Å²) < 4.78 is 17.7. The van der Waals surface area contributed by atoms with Crippen LogP contribution in [0.3, 0.4) is 0 Å². The van der Waals surface area contributed by atoms with Crippen LogP contribution in [0.15, 0.2) is 53.5 Å². The van der Waals surface area contributed by atoms with Gasteiger partial charge in [0.1, 0.15) is 17.9 Å². The summed E-state index contributed by atoms with van der Waals surface area (Å²) in [5.74, 6) is 0.0222. The lowest BCUT2D eigenvalue weighted by molar-refractivity contribution is -0.158.